The average Bonchev–Trinajstić information content (AvgIpc) is 2.30. The molecule has 0 radical (unpaired) electrons. The van der Waals surface area contributed by atoms with Gasteiger partial charge < -0.3 is 5.11 Å². The molecule has 7 heteroatoms. The van der Waals surface area contributed by atoms with Crippen LogP contribution in [0.15, 0.2) is 27.6 Å². The lowest BCUT2D eigenvalue weighted by molar-refractivity contribution is -0.139. The van der Waals surface area contributed by atoms with E-state index in [9.17, 15) is 13.2 Å². The van der Waals surface area contributed by atoms with E-state index in [0.29, 0.717) is 4.47 Å². The molecular weight excluding hydrogens is 346 g/mol. The second kappa shape index (κ2) is 6.69. The molecule has 1 aromatic rings. The number of aryl methyl sites for hydroxylation is 1. The molecule has 0 saturated heterocycles. The number of hydrogen-bond acceptors (Lipinski definition) is 3. The molecule has 1 atom stereocenters. The third-order valence-electron chi connectivity index (χ3n) is 2.68. The lowest BCUT2D eigenvalue weighted by Gasteiger charge is -2.17. The lowest BCUT2D eigenvalue weighted by Crippen LogP contribution is -2.41. The van der Waals surface area contributed by atoms with Crippen LogP contribution < -0.4 is 4.72 Å². The normalized spacial score (nSPS) is 13.4. The van der Waals surface area contributed by atoms with Gasteiger partial charge in [0.1, 0.15) is 6.04 Å². The minimum absolute atomic E-state index is 0.0486. The number of benzene rings is 1. The van der Waals surface area contributed by atoms with E-state index in [0.717, 1.165) is 5.56 Å². The third-order valence-corrected chi connectivity index (χ3v) is 5.14. The molecule has 0 bridgehead atoms. The molecule has 0 aromatic heterocycles. The monoisotopic (exact) mass is 363 g/mol. The molecule has 0 aliphatic rings. The number of rotatable bonds is 6. The molecule has 1 unspecified atom stereocenters. The molecule has 0 heterocycles. The number of halogens is 1. The van der Waals surface area contributed by atoms with Crippen molar-refractivity contribution in [3.8, 4) is 0 Å². The van der Waals surface area contributed by atoms with Crippen molar-refractivity contribution >= 4 is 31.9 Å². The highest BCUT2D eigenvalue weighted by Crippen LogP contribution is 2.23. The summed E-state index contributed by atoms with van der Waals surface area (Å²) in [6.07, 6.45) is 0.234. The van der Waals surface area contributed by atoms with Crippen LogP contribution in [0.1, 0.15) is 25.8 Å². The van der Waals surface area contributed by atoms with E-state index in [1.807, 2.05) is 13.8 Å². The van der Waals surface area contributed by atoms with Crippen molar-refractivity contribution in [1.82, 2.24) is 4.72 Å². The van der Waals surface area contributed by atoms with Crippen LogP contribution in [-0.4, -0.2) is 25.5 Å². The fourth-order valence-corrected chi connectivity index (χ4v) is 3.99. The van der Waals surface area contributed by atoms with Crippen LogP contribution in [-0.2, 0) is 14.8 Å². The number of hydrogen-bond donors (Lipinski definition) is 2. The van der Waals surface area contributed by atoms with Gasteiger partial charge in [0.25, 0.3) is 0 Å². The molecule has 2 N–H and O–H groups in total. The predicted octanol–water partition coefficient (Wildman–Crippen LogP) is 2.54. The standard InChI is InChI=1S/C13H18BrNO4S/c1-8(2)6-11(13(16)17)15-20(18,19)12-7-9(3)4-5-10(12)14/h4-5,7-8,11,15H,6H2,1-3H3,(H,16,17). The Morgan fingerprint density at radius 3 is 2.50 bits per heavy atom. The summed E-state index contributed by atoms with van der Waals surface area (Å²) < 4.78 is 27.3. The smallest absolute Gasteiger partial charge is 0.321 e. The summed E-state index contributed by atoms with van der Waals surface area (Å²) in [5.74, 6) is -1.11. The Morgan fingerprint density at radius 2 is 2.00 bits per heavy atom. The molecule has 0 fully saturated rings. The first-order valence-electron chi connectivity index (χ1n) is 6.14. The van der Waals surface area contributed by atoms with Gasteiger partial charge in [0, 0.05) is 4.47 Å². The van der Waals surface area contributed by atoms with E-state index in [4.69, 9.17) is 5.11 Å². The highest BCUT2D eigenvalue weighted by Gasteiger charge is 2.27. The van der Waals surface area contributed by atoms with Gasteiger partial charge in [-0.3, -0.25) is 4.79 Å². The van der Waals surface area contributed by atoms with E-state index in [1.54, 1.807) is 19.1 Å². The van der Waals surface area contributed by atoms with Crippen molar-refractivity contribution in [3.05, 3.63) is 28.2 Å². The first-order chi connectivity index (χ1) is 9.13. The van der Waals surface area contributed by atoms with Crippen LogP contribution in [0.5, 0.6) is 0 Å². The van der Waals surface area contributed by atoms with Gasteiger partial charge in [0.15, 0.2) is 0 Å². The zero-order valence-electron chi connectivity index (χ0n) is 11.6. The molecule has 0 aliphatic carbocycles. The van der Waals surface area contributed by atoms with Gasteiger partial charge in [-0.2, -0.15) is 4.72 Å². The van der Waals surface area contributed by atoms with Gasteiger partial charge in [-0.1, -0.05) is 19.9 Å². The second-order valence-corrected chi connectivity index (χ2v) is 7.61. The van der Waals surface area contributed by atoms with E-state index in [1.165, 1.54) is 6.07 Å². The van der Waals surface area contributed by atoms with Crippen molar-refractivity contribution in [2.24, 2.45) is 5.92 Å². The van der Waals surface area contributed by atoms with Gasteiger partial charge in [0.05, 0.1) is 4.90 Å². The number of carbonyl (C=O) groups is 1. The number of nitrogens with one attached hydrogen (secondary N) is 1. The van der Waals surface area contributed by atoms with Crippen LogP contribution in [0.2, 0.25) is 0 Å². The summed E-state index contributed by atoms with van der Waals surface area (Å²) in [6, 6.07) is 3.77. The molecule has 1 rings (SSSR count). The van der Waals surface area contributed by atoms with Crippen LogP contribution in [0, 0.1) is 12.8 Å². The summed E-state index contributed by atoms with van der Waals surface area (Å²) in [6.45, 7) is 5.45. The van der Waals surface area contributed by atoms with Crippen molar-refractivity contribution in [3.63, 3.8) is 0 Å². The highest BCUT2D eigenvalue weighted by molar-refractivity contribution is 9.10. The summed E-state index contributed by atoms with van der Waals surface area (Å²) >= 11 is 3.18. The number of carboxylic acid groups (broad SMARTS) is 1. The van der Waals surface area contributed by atoms with Gasteiger partial charge in [-0.25, -0.2) is 8.42 Å². The minimum atomic E-state index is -3.88. The zero-order chi connectivity index (χ0) is 15.5. The second-order valence-electron chi connectivity index (χ2n) is 5.08. The van der Waals surface area contributed by atoms with Crippen LogP contribution in [0.4, 0.5) is 0 Å². The number of carboxylic acids is 1. The minimum Gasteiger partial charge on any atom is -0.480 e. The van der Waals surface area contributed by atoms with E-state index in [2.05, 4.69) is 20.7 Å². The maximum atomic E-state index is 12.3. The van der Waals surface area contributed by atoms with Crippen molar-refractivity contribution < 1.29 is 18.3 Å². The molecular formula is C13H18BrNO4S. The van der Waals surface area contributed by atoms with Crippen molar-refractivity contribution in [2.75, 3.05) is 0 Å². The molecule has 0 amide bonds. The lowest BCUT2D eigenvalue weighted by atomic mass is 10.1. The maximum Gasteiger partial charge on any atom is 0.321 e. The van der Waals surface area contributed by atoms with Crippen LogP contribution in [0.25, 0.3) is 0 Å². The predicted molar refractivity (Wildman–Crippen MR) is 80.1 cm³/mol. The molecule has 1 aromatic carbocycles. The molecule has 20 heavy (non-hydrogen) atoms. The quantitative estimate of drug-likeness (QED) is 0.813. The Balaban J connectivity index is 3.09. The first kappa shape index (κ1) is 17.1. The van der Waals surface area contributed by atoms with E-state index >= 15 is 0 Å². The summed E-state index contributed by atoms with van der Waals surface area (Å²) in [7, 11) is -3.88. The molecule has 0 aliphatic heterocycles. The Hall–Kier alpha value is -0.920. The first-order valence-corrected chi connectivity index (χ1v) is 8.42. The van der Waals surface area contributed by atoms with Crippen molar-refractivity contribution in [1.29, 1.82) is 0 Å². The van der Waals surface area contributed by atoms with Gasteiger partial charge >= 0.3 is 5.97 Å². The van der Waals surface area contributed by atoms with Crippen LogP contribution in [0.3, 0.4) is 0 Å². The number of aliphatic carboxylic acids is 1. The molecule has 5 nitrogen and oxygen atoms in total. The largest absolute Gasteiger partial charge is 0.480 e. The van der Waals surface area contributed by atoms with E-state index in [-0.39, 0.29) is 17.2 Å². The Kier molecular flexibility index (Phi) is 5.73. The zero-order valence-corrected chi connectivity index (χ0v) is 14.0. The van der Waals surface area contributed by atoms with E-state index < -0.39 is 22.0 Å². The average molecular weight is 364 g/mol. The Morgan fingerprint density at radius 1 is 1.40 bits per heavy atom. The van der Waals surface area contributed by atoms with Crippen molar-refractivity contribution in [2.45, 2.75) is 38.1 Å². The van der Waals surface area contributed by atoms with Gasteiger partial charge in [-0.05, 0) is 52.9 Å². The maximum absolute atomic E-state index is 12.3. The highest BCUT2D eigenvalue weighted by atomic mass is 79.9. The Labute approximate surface area is 127 Å². The molecule has 0 spiro atoms. The van der Waals surface area contributed by atoms with Gasteiger partial charge in [0.2, 0.25) is 10.0 Å². The van der Waals surface area contributed by atoms with Crippen LogP contribution >= 0.6 is 15.9 Å². The molecule has 0 saturated carbocycles. The Bertz CT molecular complexity index is 598. The molecule has 112 valence electrons. The van der Waals surface area contributed by atoms with Gasteiger partial charge in [-0.15, -0.1) is 0 Å². The summed E-state index contributed by atoms with van der Waals surface area (Å²) in [5.41, 5.74) is 0.782. The topological polar surface area (TPSA) is 83.5 Å². The summed E-state index contributed by atoms with van der Waals surface area (Å²) in [5, 5.41) is 9.12. The SMILES string of the molecule is Cc1ccc(Br)c(S(=O)(=O)NC(CC(C)C)C(=O)O)c1. The fourth-order valence-electron chi connectivity index (χ4n) is 1.74. The summed E-state index contributed by atoms with van der Waals surface area (Å²) in [4.78, 5) is 11.2. The number of sulfonamides is 1. The third kappa shape index (κ3) is 4.57. The fraction of sp³-hybridized carbons (Fsp3) is 0.462.